The fourth-order valence-electron chi connectivity index (χ4n) is 3.18. The summed E-state index contributed by atoms with van der Waals surface area (Å²) in [6.45, 7) is 1.18. The van der Waals surface area contributed by atoms with E-state index < -0.39 is 0 Å². The molecule has 1 aliphatic heterocycles. The van der Waals surface area contributed by atoms with Gasteiger partial charge in [-0.15, -0.1) is 0 Å². The zero-order valence-electron chi connectivity index (χ0n) is 14.2. The van der Waals surface area contributed by atoms with E-state index in [0.717, 1.165) is 34.9 Å². The molecule has 4 rings (SSSR count). The molecule has 1 fully saturated rings. The van der Waals surface area contributed by atoms with Crippen molar-refractivity contribution in [3.63, 3.8) is 0 Å². The minimum Gasteiger partial charge on any atom is -0.327 e. The van der Waals surface area contributed by atoms with Gasteiger partial charge in [-0.05, 0) is 53.8 Å². The van der Waals surface area contributed by atoms with Gasteiger partial charge in [-0.3, -0.25) is 10.2 Å². The van der Waals surface area contributed by atoms with Crippen molar-refractivity contribution in [3.05, 3.63) is 64.7 Å². The molecule has 128 valence electrons. The van der Waals surface area contributed by atoms with Crippen LogP contribution in [0.3, 0.4) is 0 Å². The van der Waals surface area contributed by atoms with E-state index >= 15 is 0 Å². The van der Waals surface area contributed by atoms with Gasteiger partial charge in [0.1, 0.15) is 0 Å². The molecule has 5 heteroatoms. The number of benzodiazepines with no additional fused rings is 1. The second-order valence-corrected chi connectivity index (χ2v) is 7.13. The molecule has 0 atom stereocenters. The minimum absolute atomic E-state index is 0.347. The van der Waals surface area contributed by atoms with E-state index in [0.29, 0.717) is 17.5 Å². The summed E-state index contributed by atoms with van der Waals surface area (Å²) < 4.78 is 1.29. The van der Waals surface area contributed by atoms with Gasteiger partial charge in [0.15, 0.2) is 5.84 Å². The molecule has 1 heterocycles. The second-order valence-electron chi connectivity index (χ2n) is 6.69. The van der Waals surface area contributed by atoms with Crippen LogP contribution in [0.25, 0.3) is 0 Å². The molecular weight excluding hydrogens is 334 g/mol. The number of amidine groups is 1. The Labute approximate surface area is 152 Å². The average molecular weight is 355 g/mol. The summed E-state index contributed by atoms with van der Waals surface area (Å²) in [6, 6.07) is 15.7. The van der Waals surface area contributed by atoms with E-state index in [9.17, 15) is 5.21 Å². The van der Waals surface area contributed by atoms with Crippen molar-refractivity contribution in [2.75, 3.05) is 25.0 Å². The fraction of sp³-hybridized carbons (Fsp3) is 0.300. The van der Waals surface area contributed by atoms with Crippen molar-refractivity contribution in [1.29, 1.82) is 0 Å². The van der Waals surface area contributed by atoms with Crippen LogP contribution >= 0.6 is 11.6 Å². The smallest absolute Gasteiger partial charge is 0.267 e. The molecule has 1 saturated carbocycles. The van der Waals surface area contributed by atoms with Crippen LogP contribution in [-0.4, -0.2) is 41.6 Å². The highest BCUT2D eigenvalue weighted by Gasteiger charge is 2.32. The van der Waals surface area contributed by atoms with Gasteiger partial charge in [0.05, 0.1) is 16.8 Å². The Hall–Kier alpha value is -2.33. The van der Waals surface area contributed by atoms with Crippen LogP contribution in [0.5, 0.6) is 0 Å². The van der Waals surface area contributed by atoms with Crippen LogP contribution in [0.1, 0.15) is 24.0 Å². The lowest BCUT2D eigenvalue weighted by Crippen LogP contribution is -2.33. The van der Waals surface area contributed by atoms with Gasteiger partial charge in [0.2, 0.25) is 6.54 Å². The summed E-state index contributed by atoms with van der Waals surface area (Å²) in [7, 11) is 2.00. The molecule has 2 aromatic carbocycles. The Kier molecular flexibility index (Phi) is 4.22. The molecule has 0 spiro atoms. The maximum Gasteiger partial charge on any atom is 0.267 e. The number of hydrogen-bond donors (Lipinski definition) is 1. The maximum atomic E-state index is 10.9. The van der Waals surface area contributed by atoms with Crippen LogP contribution < -0.4 is 4.90 Å². The summed E-state index contributed by atoms with van der Waals surface area (Å²) in [4.78, 5) is 6.84. The molecule has 1 aliphatic carbocycles. The number of hydrogen-bond acceptors (Lipinski definition) is 2. The summed E-state index contributed by atoms with van der Waals surface area (Å²) in [5, 5.41) is 11.5. The number of anilines is 1. The van der Waals surface area contributed by atoms with Crippen LogP contribution in [-0.2, 0) is 0 Å². The number of rotatable bonds is 3. The molecule has 0 aromatic heterocycles. The third kappa shape index (κ3) is 3.27. The first kappa shape index (κ1) is 16.2. The summed E-state index contributed by atoms with van der Waals surface area (Å²) in [6.07, 6.45) is 2.52. The number of halogens is 1. The summed E-state index contributed by atoms with van der Waals surface area (Å²) in [5.41, 5.74) is 3.60. The molecule has 0 unspecified atom stereocenters. The molecule has 1 N–H and O–H groups in total. The molecular formula is C20H21ClN3O+. The number of likely N-dealkylation sites (N-methyl/N-ethyl adjacent to an activating group) is 1. The Morgan fingerprint density at radius 2 is 1.96 bits per heavy atom. The Balaban J connectivity index is 1.87. The van der Waals surface area contributed by atoms with Crippen molar-refractivity contribution in [1.82, 2.24) is 0 Å². The first-order valence-electron chi connectivity index (χ1n) is 8.59. The summed E-state index contributed by atoms with van der Waals surface area (Å²) in [5.74, 6) is 1.57. The Morgan fingerprint density at radius 1 is 1.20 bits per heavy atom. The van der Waals surface area contributed by atoms with Gasteiger partial charge in [-0.25, -0.2) is 0 Å². The number of aliphatic imine (C=N–C) groups is 1. The van der Waals surface area contributed by atoms with Gasteiger partial charge < -0.3 is 4.90 Å². The SMILES string of the molecule is CN1C(=NCC2CC2)C[N+](O)=C(c2ccccc2)c2cc(Cl)ccc21. The maximum absolute atomic E-state index is 10.9. The highest BCUT2D eigenvalue weighted by molar-refractivity contribution is 6.31. The topological polar surface area (TPSA) is 38.8 Å². The molecule has 4 nitrogen and oxygen atoms in total. The van der Waals surface area contributed by atoms with E-state index in [1.807, 2.05) is 55.6 Å². The highest BCUT2D eigenvalue weighted by atomic mass is 35.5. The molecule has 0 bridgehead atoms. The van der Waals surface area contributed by atoms with Gasteiger partial charge in [0.25, 0.3) is 5.71 Å². The molecule has 2 aromatic rings. The van der Waals surface area contributed by atoms with Crippen molar-refractivity contribution in [2.45, 2.75) is 12.8 Å². The molecule has 25 heavy (non-hydrogen) atoms. The van der Waals surface area contributed by atoms with Gasteiger partial charge in [0, 0.05) is 18.6 Å². The monoisotopic (exact) mass is 354 g/mol. The molecule has 0 radical (unpaired) electrons. The summed E-state index contributed by atoms with van der Waals surface area (Å²) >= 11 is 6.26. The van der Waals surface area contributed by atoms with E-state index in [1.54, 1.807) is 0 Å². The average Bonchev–Trinajstić information content (AvgIpc) is 3.44. The largest absolute Gasteiger partial charge is 0.327 e. The zero-order valence-corrected chi connectivity index (χ0v) is 14.9. The lowest BCUT2D eigenvalue weighted by atomic mass is 10.0. The van der Waals surface area contributed by atoms with Crippen molar-refractivity contribution >= 4 is 28.8 Å². The van der Waals surface area contributed by atoms with Gasteiger partial charge in [-0.1, -0.05) is 29.8 Å². The third-order valence-corrected chi connectivity index (χ3v) is 5.02. The minimum atomic E-state index is 0.347. The van der Waals surface area contributed by atoms with E-state index in [4.69, 9.17) is 16.6 Å². The zero-order chi connectivity index (χ0) is 17.4. The lowest BCUT2D eigenvalue weighted by molar-refractivity contribution is -0.764. The van der Waals surface area contributed by atoms with Crippen molar-refractivity contribution < 1.29 is 9.95 Å². The van der Waals surface area contributed by atoms with Crippen molar-refractivity contribution in [3.8, 4) is 0 Å². The molecule has 2 aliphatic rings. The first-order valence-corrected chi connectivity index (χ1v) is 8.97. The number of benzene rings is 2. The number of fused-ring (bicyclic) bond motifs is 1. The quantitative estimate of drug-likeness (QED) is 0.672. The standard InChI is InChI=1S/C20H21ClN3O/c1-23-18-10-9-16(21)11-17(18)20(15-5-3-2-4-6-15)24(25)13-19(23)22-12-14-7-8-14/h2-6,9-11,14,25H,7-8,12-13H2,1H3/q+1. The first-order chi connectivity index (χ1) is 12.1. The third-order valence-electron chi connectivity index (χ3n) is 4.79. The van der Waals surface area contributed by atoms with Gasteiger partial charge in [-0.2, -0.15) is 0 Å². The second kappa shape index (κ2) is 6.52. The van der Waals surface area contributed by atoms with Crippen LogP contribution in [0.15, 0.2) is 53.5 Å². The molecule has 0 amide bonds. The highest BCUT2D eigenvalue weighted by Crippen LogP contribution is 2.31. The predicted octanol–water partition coefficient (Wildman–Crippen LogP) is 3.84. The van der Waals surface area contributed by atoms with E-state index in [1.165, 1.54) is 17.6 Å². The lowest BCUT2D eigenvalue weighted by Gasteiger charge is -2.19. The van der Waals surface area contributed by atoms with E-state index in [2.05, 4.69) is 4.90 Å². The normalized spacial score (nSPS) is 19.1. The number of hydroxylamine groups is 1. The van der Waals surface area contributed by atoms with E-state index in [-0.39, 0.29) is 0 Å². The molecule has 0 saturated heterocycles. The number of nitrogens with zero attached hydrogens (tertiary/aromatic N) is 3. The van der Waals surface area contributed by atoms with Crippen molar-refractivity contribution in [2.24, 2.45) is 10.9 Å². The fourth-order valence-corrected chi connectivity index (χ4v) is 3.35. The van der Waals surface area contributed by atoms with Crippen LogP contribution in [0, 0.1) is 5.92 Å². The Bertz CT molecular complexity index is 856. The van der Waals surface area contributed by atoms with Crippen LogP contribution in [0.2, 0.25) is 5.02 Å². The predicted molar refractivity (Wildman–Crippen MR) is 101 cm³/mol. The van der Waals surface area contributed by atoms with Crippen LogP contribution in [0.4, 0.5) is 5.69 Å². The van der Waals surface area contributed by atoms with Gasteiger partial charge >= 0.3 is 0 Å². The Morgan fingerprint density at radius 3 is 2.68 bits per heavy atom.